The average molecular weight is 355 g/mol. The quantitative estimate of drug-likeness (QED) is 0.763. The topological polar surface area (TPSA) is 81.8 Å². The van der Waals surface area contributed by atoms with Crippen LogP contribution in [0.25, 0.3) is 0 Å². The minimum absolute atomic E-state index is 0.417. The summed E-state index contributed by atoms with van der Waals surface area (Å²) in [6.07, 6.45) is 8.08. The first-order valence-corrected chi connectivity index (χ1v) is 9.78. The van der Waals surface area contributed by atoms with Crippen LogP contribution in [0, 0.1) is 5.92 Å². The van der Waals surface area contributed by atoms with Gasteiger partial charge in [-0.05, 0) is 44.8 Å². The fourth-order valence-corrected chi connectivity index (χ4v) is 4.21. The van der Waals surface area contributed by atoms with Crippen LogP contribution in [-0.4, -0.2) is 51.2 Å². The van der Waals surface area contributed by atoms with Crippen molar-refractivity contribution in [2.24, 2.45) is 5.92 Å². The highest BCUT2D eigenvalue weighted by molar-refractivity contribution is 5.53. The molecule has 140 valence electrons. The Kier molecular flexibility index (Phi) is 5.06. The molecule has 2 atom stereocenters. The van der Waals surface area contributed by atoms with Crippen LogP contribution in [0.15, 0.2) is 18.3 Å². The number of aromatic nitrogens is 4. The molecule has 0 spiro atoms. The predicted molar refractivity (Wildman–Crippen MR) is 104 cm³/mol. The van der Waals surface area contributed by atoms with Crippen molar-refractivity contribution in [3.8, 4) is 0 Å². The van der Waals surface area contributed by atoms with Crippen molar-refractivity contribution in [2.75, 3.05) is 30.8 Å². The first-order valence-electron chi connectivity index (χ1n) is 9.78. The largest absolute Gasteiger partial charge is 0.351 e. The summed E-state index contributed by atoms with van der Waals surface area (Å²) in [5, 5.41) is 14.4. The van der Waals surface area contributed by atoms with Gasteiger partial charge >= 0.3 is 0 Å². The number of hydrogen-bond acceptors (Lipinski definition) is 6. The predicted octanol–water partition coefficient (Wildman–Crippen LogP) is 3.35. The van der Waals surface area contributed by atoms with Crippen molar-refractivity contribution < 1.29 is 0 Å². The molecule has 3 N–H and O–H groups in total. The number of aromatic amines is 1. The number of nitrogens with zero attached hydrogens (tertiary/aromatic N) is 4. The van der Waals surface area contributed by atoms with Crippen molar-refractivity contribution in [1.82, 2.24) is 25.1 Å². The molecule has 1 aliphatic carbocycles. The Labute approximate surface area is 155 Å². The van der Waals surface area contributed by atoms with E-state index < -0.39 is 0 Å². The maximum atomic E-state index is 4.62. The van der Waals surface area contributed by atoms with E-state index in [1.807, 2.05) is 6.07 Å². The highest BCUT2D eigenvalue weighted by Gasteiger charge is 2.24. The van der Waals surface area contributed by atoms with E-state index in [4.69, 9.17) is 0 Å². The lowest BCUT2D eigenvalue weighted by Gasteiger charge is -2.35. The Hall–Kier alpha value is -2.15. The van der Waals surface area contributed by atoms with Crippen LogP contribution in [0.2, 0.25) is 0 Å². The standard InChI is InChI=1S/C19H29N7/c1-13-12-26(2)10-8-15(13)21-19-20-9-7-17(23-19)22-18-11-16(24-25-18)14-5-3-4-6-14/h7,9,11,13-15H,3-6,8,10,12H2,1-2H3,(H3,20,21,22,23,24,25). The van der Waals surface area contributed by atoms with E-state index in [0.717, 1.165) is 31.1 Å². The number of anilines is 3. The van der Waals surface area contributed by atoms with Gasteiger partial charge in [-0.2, -0.15) is 10.1 Å². The highest BCUT2D eigenvalue weighted by atomic mass is 15.2. The normalized spacial score (nSPS) is 24.7. The number of piperidine rings is 1. The number of H-pyrrole nitrogens is 1. The van der Waals surface area contributed by atoms with Gasteiger partial charge in [0.25, 0.3) is 0 Å². The molecule has 1 saturated heterocycles. The molecular formula is C19H29N7. The molecular weight excluding hydrogens is 326 g/mol. The second-order valence-electron chi connectivity index (χ2n) is 7.86. The summed E-state index contributed by atoms with van der Waals surface area (Å²) >= 11 is 0. The third-order valence-electron chi connectivity index (χ3n) is 5.73. The van der Waals surface area contributed by atoms with E-state index in [0.29, 0.717) is 23.8 Å². The SMILES string of the molecule is CC1CN(C)CCC1Nc1nccc(Nc2cc(C3CCCC3)[nH]n2)n1. The molecule has 2 aromatic heterocycles. The van der Waals surface area contributed by atoms with Crippen LogP contribution in [0.4, 0.5) is 17.6 Å². The summed E-state index contributed by atoms with van der Waals surface area (Å²) in [7, 11) is 2.18. The van der Waals surface area contributed by atoms with Gasteiger partial charge in [-0.1, -0.05) is 19.8 Å². The molecule has 0 radical (unpaired) electrons. The number of hydrogen-bond donors (Lipinski definition) is 3. The molecule has 7 nitrogen and oxygen atoms in total. The minimum Gasteiger partial charge on any atom is -0.351 e. The third kappa shape index (κ3) is 3.98. The summed E-state index contributed by atoms with van der Waals surface area (Å²) in [4.78, 5) is 11.4. The first-order chi connectivity index (χ1) is 12.7. The van der Waals surface area contributed by atoms with E-state index in [1.165, 1.54) is 31.4 Å². The van der Waals surface area contributed by atoms with Gasteiger partial charge in [0.1, 0.15) is 5.82 Å². The summed E-state index contributed by atoms with van der Waals surface area (Å²) in [5.74, 6) is 3.49. The Bertz CT molecular complexity index is 722. The molecule has 3 heterocycles. The molecule has 2 aliphatic rings. The molecule has 0 bridgehead atoms. The Morgan fingerprint density at radius 3 is 2.85 bits per heavy atom. The molecule has 0 amide bonds. The van der Waals surface area contributed by atoms with E-state index in [9.17, 15) is 0 Å². The van der Waals surface area contributed by atoms with Crippen molar-refractivity contribution >= 4 is 17.6 Å². The Balaban J connectivity index is 1.39. The zero-order valence-corrected chi connectivity index (χ0v) is 15.7. The van der Waals surface area contributed by atoms with Crippen LogP contribution >= 0.6 is 0 Å². The van der Waals surface area contributed by atoms with E-state index in [2.05, 4.69) is 55.7 Å². The molecule has 1 saturated carbocycles. The van der Waals surface area contributed by atoms with E-state index >= 15 is 0 Å². The number of likely N-dealkylation sites (tertiary alicyclic amines) is 1. The van der Waals surface area contributed by atoms with Crippen molar-refractivity contribution in [3.63, 3.8) is 0 Å². The van der Waals surface area contributed by atoms with E-state index in [-0.39, 0.29) is 0 Å². The lowest BCUT2D eigenvalue weighted by Crippen LogP contribution is -2.43. The molecule has 1 aliphatic heterocycles. The summed E-state index contributed by atoms with van der Waals surface area (Å²) < 4.78 is 0. The lowest BCUT2D eigenvalue weighted by molar-refractivity contribution is 0.206. The maximum absolute atomic E-state index is 4.62. The van der Waals surface area contributed by atoms with Crippen molar-refractivity contribution in [3.05, 3.63) is 24.0 Å². The van der Waals surface area contributed by atoms with Crippen molar-refractivity contribution in [2.45, 2.75) is 51.0 Å². The third-order valence-corrected chi connectivity index (χ3v) is 5.73. The van der Waals surface area contributed by atoms with Gasteiger partial charge in [0.15, 0.2) is 5.82 Å². The average Bonchev–Trinajstić information content (AvgIpc) is 3.29. The highest BCUT2D eigenvalue weighted by Crippen LogP contribution is 2.34. The van der Waals surface area contributed by atoms with Crippen LogP contribution in [0.1, 0.15) is 50.6 Å². The van der Waals surface area contributed by atoms with Gasteiger partial charge < -0.3 is 15.5 Å². The number of rotatable bonds is 5. The molecule has 2 aromatic rings. The van der Waals surface area contributed by atoms with Crippen LogP contribution in [-0.2, 0) is 0 Å². The molecule has 2 fully saturated rings. The first kappa shape index (κ1) is 17.3. The fourth-order valence-electron chi connectivity index (χ4n) is 4.21. The smallest absolute Gasteiger partial charge is 0.224 e. The molecule has 7 heteroatoms. The summed E-state index contributed by atoms with van der Waals surface area (Å²) in [6, 6.07) is 4.41. The van der Waals surface area contributed by atoms with Crippen LogP contribution < -0.4 is 10.6 Å². The van der Waals surface area contributed by atoms with Crippen LogP contribution in [0.5, 0.6) is 0 Å². The molecule has 26 heavy (non-hydrogen) atoms. The van der Waals surface area contributed by atoms with Gasteiger partial charge in [0.2, 0.25) is 5.95 Å². The summed E-state index contributed by atoms with van der Waals surface area (Å²) in [6.45, 7) is 4.49. The van der Waals surface area contributed by atoms with Gasteiger partial charge in [-0.15, -0.1) is 0 Å². The number of nitrogens with one attached hydrogen (secondary N) is 3. The molecule has 0 aromatic carbocycles. The lowest BCUT2D eigenvalue weighted by atomic mass is 9.94. The minimum atomic E-state index is 0.417. The summed E-state index contributed by atoms with van der Waals surface area (Å²) in [5.41, 5.74) is 1.23. The van der Waals surface area contributed by atoms with Crippen LogP contribution in [0.3, 0.4) is 0 Å². The second-order valence-corrected chi connectivity index (χ2v) is 7.86. The second kappa shape index (κ2) is 7.61. The van der Waals surface area contributed by atoms with Gasteiger partial charge in [-0.25, -0.2) is 4.98 Å². The van der Waals surface area contributed by atoms with Gasteiger partial charge in [-0.3, -0.25) is 5.10 Å². The monoisotopic (exact) mass is 355 g/mol. The van der Waals surface area contributed by atoms with Crippen molar-refractivity contribution in [1.29, 1.82) is 0 Å². The zero-order chi connectivity index (χ0) is 17.9. The van der Waals surface area contributed by atoms with E-state index in [1.54, 1.807) is 6.20 Å². The fraction of sp³-hybridized carbons (Fsp3) is 0.632. The molecule has 2 unspecified atom stereocenters. The van der Waals surface area contributed by atoms with Gasteiger partial charge in [0, 0.05) is 36.5 Å². The zero-order valence-electron chi connectivity index (χ0n) is 15.7. The molecule has 4 rings (SSSR count). The maximum Gasteiger partial charge on any atom is 0.224 e. The Morgan fingerprint density at radius 2 is 2.04 bits per heavy atom. The Morgan fingerprint density at radius 1 is 1.19 bits per heavy atom. The van der Waals surface area contributed by atoms with Gasteiger partial charge in [0.05, 0.1) is 0 Å².